The Morgan fingerprint density at radius 2 is 2.00 bits per heavy atom. The van der Waals surface area contributed by atoms with Gasteiger partial charge in [0.25, 0.3) is 0 Å². The third-order valence-corrected chi connectivity index (χ3v) is 3.64. The molecule has 0 radical (unpaired) electrons. The third-order valence-electron chi connectivity index (χ3n) is 3.64. The van der Waals surface area contributed by atoms with Gasteiger partial charge in [0.15, 0.2) is 5.65 Å². The fourth-order valence-corrected chi connectivity index (χ4v) is 2.70. The summed E-state index contributed by atoms with van der Waals surface area (Å²) in [6.45, 7) is 1.79. The van der Waals surface area contributed by atoms with Gasteiger partial charge in [-0.05, 0) is 19.3 Å². The van der Waals surface area contributed by atoms with Gasteiger partial charge in [0.1, 0.15) is 5.56 Å². The molecule has 0 bridgehead atoms. The molecule has 3 heterocycles. The lowest BCUT2D eigenvalue weighted by molar-refractivity contribution is 0.0697. The zero-order valence-corrected chi connectivity index (χ0v) is 10.8. The molecular weight excluding hydrogens is 244 g/mol. The smallest absolute Gasteiger partial charge is 0.339 e. The lowest BCUT2D eigenvalue weighted by Gasteiger charge is -2.30. The van der Waals surface area contributed by atoms with E-state index in [2.05, 4.69) is 15.0 Å². The fourth-order valence-electron chi connectivity index (χ4n) is 2.70. The van der Waals surface area contributed by atoms with Gasteiger partial charge in [0.05, 0.1) is 17.3 Å². The van der Waals surface area contributed by atoms with Crippen molar-refractivity contribution in [1.29, 1.82) is 0 Å². The van der Waals surface area contributed by atoms with Crippen LogP contribution in [0.15, 0.2) is 12.4 Å². The number of aromatic carboxylic acids is 1. The quantitative estimate of drug-likeness (QED) is 0.889. The Morgan fingerprint density at radius 1 is 1.26 bits per heavy atom. The highest BCUT2D eigenvalue weighted by atomic mass is 16.4. The number of piperidine rings is 1. The van der Waals surface area contributed by atoms with Crippen molar-refractivity contribution in [2.45, 2.75) is 19.3 Å². The second kappa shape index (κ2) is 4.53. The molecule has 0 saturated carbocycles. The van der Waals surface area contributed by atoms with Crippen molar-refractivity contribution >= 4 is 22.7 Å². The van der Waals surface area contributed by atoms with E-state index in [1.807, 2.05) is 7.05 Å². The average molecular weight is 260 g/mol. The second-order valence-corrected chi connectivity index (χ2v) is 4.88. The van der Waals surface area contributed by atoms with E-state index in [-0.39, 0.29) is 5.56 Å². The van der Waals surface area contributed by atoms with Crippen molar-refractivity contribution < 1.29 is 9.90 Å². The molecule has 1 fully saturated rings. The predicted molar refractivity (Wildman–Crippen MR) is 71.5 cm³/mol. The highest BCUT2D eigenvalue weighted by Crippen LogP contribution is 2.31. The molecule has 6 nitrogen and oxygen atoms in total. The number of carboxylic acid groups (broad SMARTS) is 1. The van der Waals surface area contributed by atoms with Gasteiger partial charge in [-0.2, -0.15) is 5.10 Å². The molecule has 2 aromatic rings. The number of carboxylic acids is 1. The minimum Gasteiger partial charge on any atom is -0.478 e. The summed E-state index contributed by atoms with van der Waals surface area (Å²) in [4.78, 5) is 17.8. The molecule has 0 unspecified atom stereocenters. The summed E-state index contributed by atoms with van der Waals surface area (Å²) in [5, 5.41) is 14.4. The summed E-state index contributed by atoms with van der Waals surface area (Å²) < 4.78 is 1.68. The van der Waals surface area contributed by atoms with Crippen molar-refractivity contribution in [3.8, 4) is 0 Å². The van der Waals surface area contributed by atoms with Gasteiger partial charge in [-0.1, -0.05) is 0 Å². The second-order valence-electron chi connectivity index (χ2n) is 4.88. The first-order chi connectivity index (χ1) is 9.18. The molecule has 2 aromatic heterocycles. The van der Waals surface area contributed by atoms with Crippen molar-refractivity contribution in [3.63, 3.8) is 0 Å². The highest BCUT2D eigenvalue weighted by molar-refractivity contribution is 6.03. The van der Waals surface area contributed by atoms with E-state index >= 15 is 0 Å². The highest BCUT2D eigenvalue weighted by Gasteiger charge is 2.22. The predicted octanol–water partition coefficient (Wildman–Crippen LogP) is 1.66. The minimum atomic E-state index is -0.932. The largest absolute Gasteiger partial charge is 0.478 e. The monoisotopic (exact) mass is 260 g/mol. The lowest BCUT2D eigenvalue weighted by atomic mass is 10.1. The van der Waals surface area contributed by atoms with Crippen LogP contribution in [0, 0.1) is 0 Å². The summed E-state index contributed by atoms with van der Waals surface area (Å²) in [5.74, 6) is -0.932. The molecule has 0 aromatic carbocycles. The van der Waals surface area contributed by atoms with Gasteiger partial charge < -0.3 is 10.0 Å². The van der Waals surface area contributed by atoms with Gasteiger partial charge >= 0.3 is 5.97 Å². The SMILES string of the molecule is Cn1ncc2c(N3CCCCC3)c(C(=O)O)cnc21. The summed E-state index contributed by atoms with van der Waals surface area (Å²) in [7, 11) is 1.82. The first-order valence-electron chi connectivity index (χ1n) is 6.47. The van der Waals surface area contributed by atoms with Crippen LogP contribution in [0.5, 0.6) is 0 Å². The number of hydrogen-bond donors (Lipinski definition) is 1. The number of hydrogen-bond acceptors (Lipinski definition) is 4. The third kappa shape index (κ3) is 1.93. The molecule has 1 aliphatic heterocycles. The van der Waals surface area contributed by atoms with Gasteiger partial charge in [-0.25, -0.2) is 9.78 Å². The summed E-state index contributed by atoms with van der Waals surface area (Å²) >= 11 is 0. The molecule has 0 atom stereocenters. The van der Waals surface area contributed by atoms with Crippen LogP contribution in [-0.4, -0.2) is 38.9 Å². The van der Waals surface area contributed by atoms with Gasteiger partial charge in [0.2, 0.25) is 0 Å². The first-order valence-corrected chi connectivity index (χ1v) is 6.47. The maximum absolute atomic E-state index is 11.4. The number of rotatable bonds is 2. The topological polar surface area (TPSA) is 71.2 Å². The van der Waals surface area contributed by atoms with Crippen LogP contribution in [0.25, 0.3) is 11.0 Å². The Bertz CT molecular complexity index is 629. The van der Waals surface area contributed by atoms with Crippen LogP contribution in [0.1, 0.15) is 29.6 Å². The zero-order chi connectivity index (χ0) is 13.4. The number of aryl methyl sites for hydroxylation is 1. The van der Waals surface area contributed by atoms with Gasteiger partial charge in [-0.3, -0.25) is 4.68 Å². The lowest BCUT2D eigenvalue weighted by Crippen LogP contribution is -2.31. The number of nitrogens with zero attached hydrogens (tertiary/aromatic N) is 4. The molecule has 3 rings (SSSR count). The van der Waals surface area contributed by atoms with E-state index in [1.165, 1.54) is 12.6 Å². The van der Waals surface area contributed by atoms with Crippen molar-refractivity contribution in [1.82, 2.24) is 14.8 Å². The van der Waals surface area contributed by atoms with Crippen LogP contribution >= 0.6 is 0 Å². The molecule has 100 valence electrons. The molecule has 19 heavy (non-hydrogen) atoms. The Kier molecular flexibility index (Phi) is 2.85. The van der Waals surface area contributed by atoms with Gasteiger partial charge in [-0.15, -0.1) is 0 Å². The average Bonchev–Trinajstić information content (AvgIpc) is 2.80. The maximum Gasteiger partial charge on any atom is 0.339 e. The van der Waals surface area contributed by atoms with E-state index in [0.29, 0.717) is 0 Å². The van der Waals surface area contributed by atoms with Crippen LogP contribution in [0.4, 0.5) is 5.69 Å². The maximum atomic E-state index is 11.4. The number of fused-ring (bicyclic) bond motifs is 1. The standard InChI is InChI=1S/C13H16N4O2/c1-16-12-9(8-15-16)11(10(7-14-12)13(18)19)17-5-3-2-4-6-17/h7-8H,2-6H2,1H3,(H,18,19). The molecule has 0 amide bonds. The van der Waals surface area contributed by atoms with Crippen LogP contribution in [-0.2, 0) is 7.05 Å². The first kappa shape index (κ1) is 12.0. The van der Waals surface area contributed by atoms with Crippen LogP contribution < -0.4 is 4.90 Å². The normalized spacial score (nSPS) is 15.9. The number of aromatic nitrogens is 3. The summed E-state index contributed by atoms with van der Waals surface area (Å²) in [6, 6.07) is 0. The Morgan fingerprint density at radius 3 is 2.68 bits per heavy atom. The van der Waals surface area contributed by atoms with E-state index in [9.17, 15) is 9.90 Å². The minimum absolute atomic E-state index is 0.266. The molecule has 0 aliphatic carbocycles. The Balaban J connectivity index is 2.21. The molecule has 1 aliphatic rings. The zero-order valence-electron chi connectivity index (χ0n) is 10.8. The van der Waals surface area contributed by atoms with Gasteiger partial charge in [0, 0.05) is 26.3 Å². The molecule has 1 saturated heterocycles. The van der Waals surface area contributed by atoms with E-state index in [4.69, 9.17) is 0 Å². The number of carbonyl (C=O) groups is 1. The number of pyridine rings is 1. The molecule has 6 heteroatoms. The van der Waals surface area contributed by atoms with Crippen LogP contribution in [0.3, 0.4) is 0 Å². The molecule has 1 N–H and O–H groups in total. The van der Waals surface area contributed by atoms with Crippen molar-refractivity contribution in [2.75, 3.05) is 18.0 Å². The van der Waals surface area contributed by atoms with Crippen molar-refractivity contribution in [3.05, 3.63) is 18.0 Å². The molecule has 0 spiro atoms. The Labute approximate surface area is 110 Å². The fraction of sp³-hybridized carbons (Fsp3) is 0.462. The number of anilines is 1. The summed E-state index contributed by atoms with van der Waals surface area (Å²) in [6.07, 6.45) is 6.56. The van der Waals surface area contributed by atoms with Crippen molar-refractivity contribution in [2.24, 2.45) is 7.05 Å². The van der Waals surface area contributed by atoms with E-state index in [0.717, 1.165) is 42.7 Å². The van der Waals surface area contributed by atoms with E-state index in [1.54, 1.807) is 10.9 Å². The Hall–Kier alpha value is -2.11. The van der Waals surface area contributed by atoms with Crippen LogP contribution in [0.2, 0.25) is 0 Å². The molecular formula is C13H16N4O2. The summed E-state index contributed by atoms with van der Waals surface area (Å²) in [5.41, 5.74) is 1.76. The van der Waals surface area contributed by atoms with E-state index < -0.39 is 5.97 Å².